The Morgan fingerprint density at radius 1 is 1.03 bits per heavy atom. The topological polar surface area (TPSA) is 75.7 Å². The van der Waals surface area contributed by atoms with Crippen LogP contribution < -0.4 is 10.1 Å². The van der Waals surface area contributed by atoms with Gasteiger partial charge in [0.15, 0.2) is 0 Å². The SMILES string of the molecule is COc1ccc(S(=O)(=O)N2CCc3ccccc3C2)cc1NC(=O)c1cccc(Cl)c1. The Bertz CT molecular complexity index is 1240. The highest BCUT2D eigenvalue weighted by Gasteiger charge is 2.29. The number of benzene rings is 3. The minimum absolute atomic E-state index is 0.0917. The molecule has 1 aliphatic heterocycles. The summed E-state index contributed by atoms with van der Waals surface area (Å²) in [5, 5.41) is 3.16. The standard InChI is InChI=1S/C23H21ClN2O4S/c1-30-22-10-9-20(14-21(22)25-23(27)17-7-4-8-19(24)13-17)31(28,29)26-12-11-16-5-2-3-6-18(16)15-26/h2-10,13-14H,11-12,15H2,1H3,(H,25,27). The summed E-state index contributed by atoms with van der Waals surface area (Å²) in [4.78, 5) is 12.7. The Labute approximate surface area is 186 Å². The van der Waals surface area contributed by atoms with Gasteiger partial charge in [-0.3, -0.25) is 4.79 Å². The first-order valence-electron chi connectivity index (χ1n) is 9.70. The molecule has 31 heavy (non-hydrogen) atoms. The number of nitrogens with zero attached hydrogens (tertiary/aromatic N) is 1. The van der Waals surface area contributed by atoms with Crippen molar-refractivity contribution in [3.8, 4) is 5.75 Å². The van der Waals surface area contributed by atoms with Crippen LogP contribution in [-0.2, 0) is 23.0 Å². The monoisotopic (exact) mass is 456 g/mol. The van der Waals surface area contributed by atoms with E-state index in [-0.39, 0.29) is 10.6 Å². The van der Waals surface area contributed by atoms with Crippen molar-refractivity contribution in [2.24, 2.45) is 0 Å². The predicted molar refractivity (Wildman–Crippen MR) is 120 cm³/mol. The number of rotatable bonds is 5. The van der Waals surface area contributed by atoms with Crippen molar-refractivity contribution in [1.82, 2.24) is 4.31 Å². The van der Waals surface area contributed by atoms with E-state index < -0.39 is 15.9 Å². The van der Waals surface area contributed by atoms with Gasteiger partial charge in [0.05, 0.1) is 17.7 Å². The molecule has 0 unspecified atom stereocenters. The zero-order valence-electron chi connectivity index (χ0n) is 16.8. The molecule has 3 aromatic rings. The summed E-state index contributed by atoms with van der Waals surface area (Å²) in [6.45, 7) is 0.713. The Hall–Kier alpha value is -2.87. The highest BCUT2D eigenvalue weighted by Crippen LogP contribution is 2.31. The Balaban J connectivity index is 1.63. The van der Waals surface area contributed by atoms with E-state index in [4.69, 9.17) is 16.3 Å². The number of halogens is 1. The molecule has 1 heterocycles. The van der Waals surface area contributed by atoms with Crippen LogP contribution in [0.5, 0.6) is 5.75 Å². The summed E-state index contributed by atoms with van der Waals surface area (Å²) >= 11 is 5.97. The number of carbonyl (C=O) groups is 1. The quantitative estimate of drug-likeness (QED) is 0.619. The average Bonchev–Trinajstić information content (AvgIpc) is 2.78. The van der Waals surface area contributed by atoms with Gasteiger partial charge in [-0.15, -0.1) is 0 Å². The van der Waals surface area contributed by atoms with Crippen molar-refractivity contribution in [2.75, 3.05) is 19.0 Å². The third kappa shape index (κ3) is 4.44. The lowest BCUT2D eigenvalue weighted by Crippen LogP contribution is -2.36. The fraction of sp³-hybridized carbons (Fsp3) is 0.174. The molecule has 1 N–H and O–H groups in total. The maximum atomic E-state index is 13.3. The van der Waals surface area contributed by atoms with Crippen molar-refractivity contribution < 1.29 is 17.9 Å². The lowest BCUT2D eigenvalue weighted by molar-refractivity contribution is 0.102. The van der Waals surface area contributed by atoms with E-state index in [1.807, 2.05) is 24.3 Å². The smallest absolute Gasteiger partial charge is 0.255 e. The number of fused-ring (bicyclic) bond motifs is 1. The molecule has 4 rings (SSSR count). The number of amides is 1. The van der Waals surface area contributed by atoms with Gasteiger partial charge >= 0.3 is 0 Å². The predicted octanol–water partition coefficient (Wildman–Crippen LogP) is 4.35. The van der Waals surface area contributed by atoms with Crippen LogP contribution in [0.4, 0.5) is 5.69 Å². The molecule has 160 valence electrons. The van der Waals surface area contributed by atoms with E-state index in [9.17, 15) is 13.2 Å². The average molecular weight is 457 g/mol. The molecule has 0 spiro atoms. The summed E-state index contributed by atoms with van der Waals surface area (Å²) in [5.74, 6) is -0.0550. The number of carbonyl (C=O) groups excluding carboxylic acids is 1. The van der Waals surface area contributed by atoms with Crippen molar-refractivity contribution in [1.29, 1.82) is 0 Å². The van der Waals surface area contributed by atoms with E-state index in [0.29, 0.717) is 35.8 Å². The fourth-order valence-electron chi connectivity index (χ4n) is 3.59. The highest BCUT2D eigenvalue weighted by molar-refractivity contribution is 7.89. The molecule has 0 aromatic heterocycles. The van der Waals surface area contributed by atoms with Crippen molar-refractivity contribution in [3.63, 3.8) is 0 Å². The fourth-order valence-corrected chi connectivity index (χ4v) is 5.23. The number of methoxy groups -OCH3 is 1. The number of hydrogen-bond donors (Lipinski definition) is 1. The number of nitrogens with one attached hydrogen (secondary N) is 1. The minimum Gasteiger partial charge on any atom is -0.495 e. The van der Waals surface area contributed by atoms with Gasteiger partial charge in [-0.1, -0.05) is 41.9 Å². The first-order chi connectivity index (χ1) is 14.9. The number of hydrogen-bond acceptors (Lipinski definition) is 4. The molecule has 1 amide bonds. The van der Waals surface area contributed by atoms with E-state index in [1.165, 1.54) is 29.6 Å². The molecule has 0 saturated carbocycles. The van der Waals surface area contributed by atoms with E-state index in [1.54, 1.807) is 24.3 Å². The van der Waals surface area contributed by atoms with Gasteiger partial charge in [-0.05, 0) is 53.9 Å². The second-order valence-electron chi connectivity index (χ2n) is 7.18. The molecule has 0 atom stereocenters. The van der Waals surface area contributed by atoms with Gasteiger partial charge in [-0.2, -0.15) is 4.31 Å². The first-order valence-corrected chi connectivity index (χ1v) is 11.5. The Morgan fingerprint density at radius 3 is 2.55 bits per heavy atom. The Morgan fingerprint density at radius 2 is 1.81 bits per heavy atom. The largest absolute Gasteiger partial charge is 0.495 e. The molecule has 8 heteroatoms. The van der Waals surface area contributed by atoms with Crippen molar-refractivity contribution in [2.45, 2.75) is 17.9 Å². The molecular formula is C23H21ClN2O4S. The third-order valence-electron chi connectivity index (χ3n) is 5.24. The van der Waals surface area contributed by atoms with Gasteiger partial charge in [0.1, 0.15) is 5.75 Å². The van der Waals surface area contributed by atoms with Crippen LogP contribution in [-0.4, -0.2) is 32.3 Å². The maximum absolute atomic E-state index is 13.3. The van der Waals surface area contributed by atoms with Crippen LogP contribution in [0.2, 0.25) is 5.02 Å². The van der Waals surface area contributed by atoms with Gasteiger partial charge < -0.3 is 10.1 Å². The number of sulfonamides is 1. The van der Waals surface area contributed by atoms with Crippen LogP contribution in [0, 0.1) is 0 Å². The van der Waals surface area contributed by atoms with E-state index in [0.717, 1.165) is 11.1 Å². The summed E-state index contributed by atoms with van der Waals surface area (Å²) in [5.41, 5.74) is 2.79. The lowest BCUT2D eigenvalue weighted by Gasteiger charge is -2.28. The first kappa shape index (κ1) is 21.4. The summed E-state index contributed by atoms with van der Waals surface area (Å²) < 4.78 is 33.4. The van der Waals surface area contributed by atoms with Crippen molar-refractivity contribution in [3.05, 3.63) is 88.4 Å². The lowest BCUT2D eigenvalue weighted by atomic mass is 10.0. The molecule has 3 aromatic carbocycles. The summed E-state index contributed by atoms with van der Waals surface area (Å²) in [7, 11) is -2.30. The molecule has 0 bridgehead atoms. The summed E-state index contributed by atoms with van der Waals surface area (Å²) in [6, 6.07) is 18.8. The van der Waals surface area contributed by atoms with E-state index >= 15 is 0 Å². The second-order valence-corrected chi connectivity index (χ2v) is 9.56. The third-order valence-corrected chi connectivity index (χ3v) is 7.32. The molecule has 0 radical (unpaired) electrons. The molecular weight excluding hydrogens is 436 g/mol. The van der Waals surface area contributed by atoms with Gasteiger partial charge in [0.2, 0.25) is 10.0 Å². The normalized spacial score (nSPS) is 14.0. The number of ether oxygens (including phenoxy) is 1. The van der Waals surface area contributed by atoms with Crippen LogP contribution in [0.1, 0.15) is 21.5 Å². The molecule has 0 saturated heterocycles. The molecule has 0 fully saturated rings. The zero-order chi connectivity index (χ0) is 22.0. The van der Waals surface area contributed by atoms with E-state index in [2.05, 4.69) is 5.32 Å². The van der Waals surface area contributed by atoms with Crippen LogP contribution in [0.25, 0.3) is 0 Å². The molecule has 6 nitrogen and oxygen atoms in total. The van der Waals surface area contributed by atoms with Gasteiger partial charge in [0.25, 0.3) is 5.91 Å². The van der Waals surface area contributed by atoms with Crippen molar-refractivity contribution >= 4 is 33.2 Å². The summed E-state index contributed by atoms with van der Waals surface area (Å²) in [6.07, 6.45) is 0.657. The molecule has 0 aliphatic carbocycles. The minimum atomic E-state index is -3.75. The van der Waals surface area contributed by atoms with Crippen LogP contribution in [0.3, 0.4) is 0 Å². The van der Waals surface area contributed by atoms with Crippen LogP contribution in [0.15, 0.2) is 71.6 Å². The highest BCUT2D eigenvalue weighted by atomic mass is 35.5. The van der Waals surface area contributed by atoms with Gasteiger partial charge in [0, 0.05) is 23.7 Å². The van der Waals surface area contributed by atoms with Gasteiger partial charge in [-0.25, -0.2) is 8.42 Å². The maximum Gasteiger partial charge on any atom is 0.255 e. The zero-order valence-corrected chi connectivity index (χ0v) is 18.4. The Kier molecular flexibility index (Phi) is 6.00. The number of anilines is 1. The van der Waals surface area contributed by atoms with Crippen LogP contribution >= 0.6 is 11.6 Å². The second kappa shape index (κ2) is 8.70. The molecule has 1 aliphatic rings.